The van der Waals surface area contributed by atoms with Crippen LogP contribution in [0.3, 0.4) is 0 Å². The van der Waals surface area contributed by atoms with Crippen LogP contribution in [0.4, 0.5) is 4.39 Å². The van der Waals surface area contributed by atoms with E-state index in [1.807, 2.05) is 13.8 Å². The first-order chi connectivity index (χ1) is 9.49. The topological polar surface area (TPSA) is 75.4 Å². The number of carbonyl (C=O) groups is 1. The molecule has 106 valence electrons. The van der Waals surface area contributed by atoms with Gasteiger partial charge in [-0.15, -0.1) is 0 Å². The fraction of sp³-hybridized carbons (Fsp3) is 0.286. The Kier molecular flexibility index (Phi) is 4.02. The van der Waals surface area contributed by atoms with Crippen LogP contribution in [0, 0.1) is 5.82 Å². The van der Waals surface area contributed by atoms with E-state index in [2.05, 4.69) is 10.5 Å². The second kappa shape index (κ2) is 5.73. The zero-order valence-corrected chi connectivity index (χ0v) is 11.2. The summed E-state index contributed by atoms with van der Waals surface area (Å²) in [5, 5.41) is 15.8. The van der Waals surface area contributed by atoms with Gasteiger partial charge in [-0.3, -0.25) is 4.79 Å². The molecule has 20 heavy (non-hydrogen) atoms. The van der Waals surface area contributed by atoms with Crippen LogP contribution in [0.5, 0.6) is 5.75 Å². The number of carbonyl (C=O) groups excluding carboxylic acids is 1. The average molecular weight is 278 g/mol. The van der Waals surface area contributed by atoms with Gasteiger partial charge in [0.15, 0.2) is 5.76 Å². The van der Waals surface area contributed by atoms with Crippen LogP contribution in [-0.2, 0) is 6.54 Å². The molecule has 0 spiro atoms. The van der Waals surface area contributed by atoms with Crippen LogP contribution in [0.25, 0.3) is 0 Å². The lowest BCUT2D eigenvalue weighted by molar-refractivity contribution is 0.0940. The molecule has 0 atom stereocenters. The molecule has 6 heteroatoms. The van der Waals surface area contributed by atoms with Crippen LogP contribution in [-0.4, -0.2) is 16.2 Å². The summed E-state index contributed by atoms with van der Waals surface area (Å²) in [5.74, 6) is -1.19. The summed E-state index contributed by atoms with van der Waals surface area (Å²) in [6, 6.07) is 5.42. The predicted octanol–water partition coefficient (Wildman–Crippen LogP) is 2.57. The minimum atomic E-state index is -0.775. The van der Waals surface area contributed by atoms with Gasteiger partial charge in [0.25, 0.3) is 5.91 Å². The van der Waals surface area contributed by atoms with Crippen LogP contribution in [0.2, 0.25) is 0 Å². The number of phenols is 1. The number of aromatic hydroxyl groups is 1. The molecule has 0 aliphatic carbocycles. The molecule has 1 aromatic carbocycles. The summed E-state index contributed by atoms with van der Waals surface area (Å²) in [5.41, 5.74) is 0.402. The molecule has 0 aliphatic rings. The third-order valence-electron chi connectivity index (χ3n) is 2.81. The van der Waals surface area contributed by atoms with E-state index in [0.29, 0.717) is 5.76 Å². The summed E-state index contributed by atoms with van der Waals surface area (Å²) in [7, 11) is 0. The van der Waals surface area contributed by atoms with Gasteiger partial charge in [0, 0.05) is 6.07 Å². The lowest BCUT2D eigenvalue weighted by atomic mass is 10.1. The van der Waals surface area contributed by atoms with Crippen molar-refractivity contribution in [3.8, 4) is 5.75 Å². The lowest BCUT2D eigenvalue weighted by Crippen LogP contribution is -2.23. The Morgan fingerprint density at radius 3 is 2.85 bits per heavy atom. The van der Waals surface area contributed by atoms with E-state index in [-0.39, 0.29) is 18.0 Å². The number of hydrogen-bond acceptors (Lipinski definition) is 4. The quantitative estimate of drug-likeness (QED) is 0.901. The van der Waals surface area contributed by atoms with Crippen LogP contribution in [0.15, 0.2) is 28.8 Å². The fourth-order valence-electron chi connectivity index (χ4n) is 1.68. The largest absolute Gasteiger partial charge is 0.507 e. The average Bonchev–Trinajstić information content (AvgIpc) is 2.85. The van der Waals surface area contributed by atoms with Crippen molar-refractivity contribution < 1.29 is 18.8 Å². The van der Waals surface area contributed by atoms with Crippen molar-refractivity contribution in [1.82, 2.24) is 10.5 Å². The molecule has 2 aromatic rings. The van der Waals surface area contributed by atoms with Gasteiger partial charge in [0.05, 0.1) is 12.2 Å². The zero-order valence-electron chi connectivity index (χ0n) is 11.2. The Hall–Kier alpha value is -2.37. The van der Waals surface area contributed by atoms with Crippen molar-refractivity contribution in [2.45, 2.75) is 26.3 Å². The number of rotatable bonds is 4. The molecular formula is C14H15FN2O3. The van der Waals surface area contributed by atoms with Crippen molar-refractivity contribution in [2.24, 2.45) is 0 Å². The molecule has 1 heterocycles. The molecule has 5 nitrogen and oxygen atoms in total. The highest BCUT2D eigenvalue weighted by Gasteiger charge is 2.17. The first kappa shape index (κ1) is 14.0. The normalized spacial score (nSPS) is 10.8. The number of phenolic OH excluding ortho intramolecular Hbond substituents is 1. The lowest BCUT2D eigenvalue weighted by Gasteiger charge is -2.05. The molecule has 0 saturated carbocycles. The predicted molar refractivity (Wildman–Crippen MR) is 69.8 cm³/mol. The van der Waals surface area contributed by atoms with E-state index in [4.69, 9.17) is 4.52 Å². The van der Waals surface area contributed by atoms with E-state index >= 15 is 0 Å². The van der Waals surface area contributed by atoms with Gasteiger partial charge in [-0.05, 0) is 18.1 Å². The van der Waals surface area contributed by atoms with Crippen LogP contribution < -0.4 is 5.32 Å². The van der Waals surface area contributed by atoms with Gasteiger partial charge in [0.2, 0.25) is 0 Å². The number of amides is 1. The van der Waals surface area contributed by atoms with Gasteiger partial charge >= 0.3 is 0 Å². The molecule has 0 aliphatic heterocycles. The van der Waals surface area contributed by atoms with Crippen molar-refractivity contribution in [3.05, 3.63) is 47.1 Å². The van der Waals surface area contributed by atoms with Crippen LogP contribution >= 0.6 is 0 Å². The van der Waals surface area contributed by atoms with E-state index < -0.39 is 17.5 Å². The molecule has 0 fully saturated rings. The molecule has 0 saturated heterocycles. The first-order valence-corrected chi connectivity index (χ1v) is 6.20. The number of hydrogen-bond donors (Lipinski definition) is 2. The number of nitrogens with one attached hydrogen (secondary N) is 1. The molecule has 0 bridgehead atoms. The number of aromatic nitrogens is 1. The molecule has 2 N–H and O–H groups in total. The highest BCUT2D eigenvalue weighted by Crippen LogP contribution is 2.20. The van der Waals surface area contributed by atoms with Gasteiger partial charge in [-0.2, -0.15) is 0 Å². The molecule has 0 radical (unpaired) electrons. The Balaban J connectivity index is 2.05. The van der Waals surface area contributed by atoms with Gasteiger partial charge in [-0.1, -0.05) is 25.1 Å². The standard InChI is InChI=1S/C14H15FN2O3/c1-8(2)11-6-9(20-17-11)7-16-14(19)13-10(15)4-3-5-12(13)18/h3-6,8,18H,7H2,1-2H3,(H,16,19). The summed E-state index contributed by atoms with van der Waals surface area (Å²) in [6.45, 7) is 4.02. The molecular weight excluding hydrogens is 263 g/mol. The van der Waals surface area contributed by atoms with Crippen molar-refractivity contribution in [3.63, 3.8) is 0 Å². The number of benzene rings is 1. The maximum Gasteiger partial charge on any atom is 0.258 e. The summed E-state index contributed by atoms with van der Waals surface area (Å²) in [4.78, 5) is 11.8. The maximum absolute atomic E-state index is 13.5. The Morgan fingerprint density at radius 2 is 2.25 bits per heavy atom. The summed E-state index contributed by atoms with van der Waals surface area (Å²) < 4.78 is 18.5. The van der Waals surface area contributed by atoms with E-state index in [1.54, 1.807) is 6.07 Å². The molecule has 1 amide bonds. The van der Waals surface area contributed by atoms with E-state index in [1.165, 1.54) is 12.1 Å². The van der Waals surface area contributed by atoms with Gasteiger partial charge in [-0.25, -0.2) is 4.39 Å². The second-order valence-electron chi connectivity index (χ2n) is 4.69. The smallest absolute Gasteiger partial charge is 0.258 e. The Labute approximate surface area is 115 Å². The zero-order chi connectivity index (χ0) is 14.7. The summed E-state index contributed by atoms with van der Waals surface area (Å²) in [6.07, 6.45) is 0. The van der Waals surface area contributed by atoms with Crippen molar-refractivity contribution in [1.29, 1.82) is 0 Å². The van der Waals surface area contributed by atoms with Crippen molar-refractivity contribution >= 4 is 5.91 Å². The van der Waals surface area contributed by atoms with E-state index in [9.17, 15) is 14.3 Å². The Bertz CT molecular complexity index is 602. The van der Waals surface area contributed by atoms with E-state index in [0.717, 1.165) is 11.8 Å². The van der Waals surface area contributed by atoms with Gasteiger partial charge < -0.3 is 14.9 Å². The van der Waals surface area contributed by atoms with Gasteiger partial charge in [0.1, 0.15) is 17.1 Å². The van der Waals surface area contributed by atoms with Crippen LogP contribution in [0.1, 0.15) is 41.6 Å². The molecule has 1 aromatic heterocycles. The molecule has 0 unspecified atom stereocenters. The second-order valence-corrected chi connectivity index (χ2v) is 4.69. The highest BCUT2D eigenvalue weighted by atomic mass is 19.1. The highest BCUT2D eigenvalue weighted by molar-refractivity contribution is 5.96. The number of halogens is 1. The fourth-order valence-corrected chi connectivity index (χ4v) is 1.68. The summed E-state index contributed by atoms with van der Waals surface area (Å²) >= 11 is 0. The molecule has 2 rings (SSSR count). The SMILES string of the molecule is CC(C)c1cc(CNC(=O)c2c(O)cccc2F)on1. The maximum atomic E-state index is 13.5. The van der Waals surface area contributed by atoms with Crippen molar-refractivity contribution in [2.75, 3.05) is 0 Å². The minimum absolute atomic E-state index is 0.0757. The monoisotopic (exact) mass is 278 g/mol. The third kappa shape index (κ3) is 2.96. The Morgan fingerprint density at radius 1 is 1.50 bits per heavy atom. The first-order valence-electron chi connectivity index (χ1n) is 6.20. The third-order valence-corrected chi connectivity index (χ3v) is 2.81. The number of nitrogens with zero attached hydrogens (tertiary/aromatic N) is 1. The minimum Gasteiger partial charge on any atom is -0.507 e.